The second-order valence-electron chi connectivity index (χ2n) is 5.91. The number of thioether (sulfide) groups is 1. The lowest BCUT2D eigenvalue weighted by atomic mass is 10.2. The molecule has 1 aliphatic heterocycles. The molecule has 1 amide bonds. The molecule has 3 nitrogen and oxygen atoms in total. The Morgan fingerprint density at radius 1 is 0.962 bits per heavy atom. The second kappa shape index (κ2) is 6.77. The summed E-state index contributed by atoms with van der Waals surface area (Å²) in [6, 6.07) is 17.5. The zero-order valence-electron chi connectivity index (χ0n) is 13.9. The van der Waals surface area contributed by atoms with Crippen molar-refractivity contribution in [2.45, 2.75) is 6.92 Å². The molecule has 0 unspecified atom stereocenters. The van der Waals surface area contributed by atoms with Crippen molar-refractivity contribution in [3.63, 3.8) is 0 Å². The summed E-state index contributed by atoms with van der Waals surface area (Å²) in [5.74, 6) is 0.606. The molecule has 0 saturated carbocycles. The Hall–Kier alpha value is -2.92. The van der Waals surface area contributed by atoms with E-state index < -0.39 is 0 Å². The topological polar surface area (TPSA) is 42.6 Å². The SMILES string of the molecule is Cc1ccc(C2=NC(=O)/C(=C\c3ccc(-c4ccc(F)cc4)o3)S2)cc1. The van der Waals surface area contributed by atoms with Gasteiger partial charge in [0, 0.05) is 17.2 Å². The Morgan fingerprint density at radius 3 is 2.38 bits per heavy atom. The zero-order valence-corrected chi connectivity index (χ0v) is 14.7. The van der Waals surface area contributed by atoms with E-state index in [1.54, 1.807) is 30.3 Å². The van der Waals surface area contributed by atoms with Crippen LogP contribution < -0.4 is 0 Å². The Morgan fingerprint density at radius 2 is 1.65 bits per heavy atom. The van der Waals surface area contributed by atoms with Crippen molar-refractivity contribution >= 4 is 28.8 Å². The van der Waals surface area contributed by atoms with E-state index in [9.17, 15) is 9.18 Å². The van der Waals surface area contributed by atoms with Crippen molar-refractivity contribution in [2.75, 3.05) is 0 Å². The molecule has 2 heterocycles. The van der Waals surface area contributed by atoms with Crippen LogP contribution in [0.25, 0.3) is 17.4 Å². The smallest absolute Gasteiger partial charge is 0.285 e. The maximum absolute atomic E-state index is 13.0. The molecule has 128 valence electrons. The summed E-state index contributed by atoms with van der Waals surface area (Å²) in [6.45, 7) is 2.01. The molecule has 0 atom stereocenters. The van der Waals surface area contributed by atoms with Crippen molar-refractivity contribution in [1.29, 1.82) is 0 Å². The predicted molar refractivity (Wildman–Crippen MR) is 102 cm³/mol. The molecule has 0 aliphatic carbocycles. The molecular formula is C21H14FNO2S. The summed E-state index contributed by atoms with van der Waals surface area (Å²) >= 11 is 1.33. The lowest BCUT2D eigenvalue weighted by Gasteiger charge is -1.99. The third kappa shape index (κ3) is 3.39. The van der Waals surface area contributed by atoms with Crippen molar-refractivity contribution in [1.82, 2.24) is 0 Å². The number of aliphatic imine (C=N–C) groups is 1. The minimum Gasteiger partial charge on any atom is -0.457 e. The molecule has 0 bridgehead atoms. The monoisotopic (exact) mass is 363 g/mol. The Labute approximate surface area is 154 Å². The maximum atomic E-state index is 13.0. The van der Waals surface area contributed by atoms with E-state index in [1.807, 2.05) is 31.2 Å². The fourth-order valence-corrected chi connectivity index (χ4v) is 3.46. The van der Waals surface area contributed by atoms with Gasteiger partial charge in [-0.3, -0.25) is 4.79 Å². The van der Waals surface area contributed by atoms with E-state index in [0.29, 0.717) is 21.5 Å². The highest BCUT2D eigenvalue weighted by Crippen LogP contribution is 2.33. The molecule has 5 heteroatoms. The summed E-state index contributed by atoms with van der Waals surface area (Å²) in [5.41, 5.74) is 2.85. The standard InChI is InChI=1S/C21H14FNO2S/c1-13-2-4-15(5-3-13)21-23-20(24)19(26-21)12-17-10-11-18(25-17)14-6-8-16(22)9-7-14/h2-12H,1H3/b19-12+. The average Bonchev–Trinajstić information content (AvgIpc) is 3.24. The summed E-state index contributed by atoms with van der Waals surface area (Å²) in [5, 5.41) is 0.687. The number of hydrogen-bond donors (Lipinski definition) is 0. The quantitative estimate of drug-likeness (QED) is 0.581. The summed E-state index contributed by atoms with van der Waals surface area (Å²) in [7, 11) is 0. The van der Waals surface area contributed by atoms with Crippen LogP contribution in [0.5, 0.6) is 0 Å². The number of rotatable bonds is 3. The number of benzene rings is 2. The predicted octanol–water partition coefficient (Wildman–Crippen LogP) is 5.46. The van der Waals surface area contributed by atoms with Crippen LogP contribution in [0.4, 0.5) is 4.39 Å². The molecule has 0 saturated heterocycles. The number of furan rings is 1. The lowest BCUT2D eigenvalue weighted by Crippen LogP contribution is -1.90. The molecule has 4 rings (SSSR count). The number of halogens is 1. The van der Waals surface area contributed by atoms with E-state index in [2.05, 4.69) is 4.99 Å². The molecule has 0 spiro atoms. The number of carbonyl (C=O) groups excluding carboxylic acids is 1. The van der Waals surface area contributed by atoms with Gasteiger partial charge in [0.1, 0.15) is 22.4 Å². The van der Waals surface area contributed by atoms with Crippen molar-refractivity contribution in [3.8, 4) is 11.3 Å². The average molecular weight is 363 g/mol. The summed E-state index contributed by atoms with van der Waals surface area (Å²) < 4.78 is 18.8. The highest BCUT2D eigenvalue weighted by Gasteiger charge is 2.23. The van der Waals surface area contributed by atoms with Gasteiger partial charge < -0.3 is 4.42 Å². The molecule has 26 heavy (non-hydrogen) atoms. The van der Waals surface area contributed by atoms with Gasteiger partial charge in [-0.25, -0.2) is 9.38 Å². The van der Waals surface area contributed by atoms with Gasteiger partial charge in [-0.05, 0) is 43.3 Å². The van der Waals surface area contributed by atoms with Crippen LogP contribution in [-0.4, -0.2) is 11.0 Å². The van der Waals surface area contributed by atoms with Gasteiger partial charge in [-0.1, -0.05) is 41.6 Å². The molecular weight excluding hydrogens is 349 g/mol. The van der Waals surface area contributed by atoms with Gasteiger partial charge in [-0.15, -0.1) is 0 Å². The van der Waals surface area contributed by atoms with E-state index >= 15 is 0 Å². The molecule has 0 radical (unpaired) electrons. The minimum atomic E-state index is -0.295. The van der Waals surface area contributed by atoms with E-state index in [0.717, 1.165) is 16.7 Å². The van der Waals surface area contributed by atoms with Gasteiger partial charge >= 0.3 is 0 Å². The Bertz CT molecular complexity index is 1030. The fourth-order valence-electron chi connectivity index (χ4n) is 2.56. The summed E-state index contributed by atoms with van der Waals surface area (Å²) in [4.78, 5) is 16.8. The highest BCUT2D eigenvalue weighted by molar-refractivity contribution is 8.19. The van der Waals surface area contributed by atoms with Crippen LogP contribution >= 0.6 is 11.8 Å². The first kappa shape index (κ1) is 16.5. The first-order valence-corrected chi connectivity index (χ1v) is 8.85. The zero-order chi connectivity index (χ0) is 18.1. The molecule has 0 N–H and O–H groups in total. The third-order valence-electron chi connectivity index (χ3n) is 3.95. The minimum absolute atomic E-state index is 0.273. The van der Waals surface area contributed by atoms with Gasteiger partial charge in [0.15, 0.2) is 0 Å². The molecule has 1 aliphatic rings. The van der Waals surface area contributed by atoms with Crippen LogP contribution in [0.3, 0.4) is 0 Å². The normalized spacial score (nSPS) is 15.5. The van der Waals surface area contributed by atoms with Gasteiger partial charge in [0.05, 0.1) is 4.91 Å². The van der Waals surface area contributed by atoms with Crippen LogP contribution in [0.2, 0.25) is 0 Å². The number of nitrogens with zero attached hydrogens (tertiary/aromatic N) is 1. The highest BCUT2D eigenvalue weighted by atomic mass is 32.2. The van der Waals surface area contributed by atoms with Crippen molar-refractivity contribution < 1.29 is 13.6 Å². The van der Waals surface area contributed by atoms with Crippen LogP contribution in [-0.2, 0) is 4.79 Å². The van der Waals surface area contributed by atoms with E-state index in [-0.39, 0.29) is 11.7 Å². The molecule has 0 fully saturated rings. The van der Waals surface area contributed by atoms with Crippen molar-refractivity contribution in [2.24, 2.45) is 4.99 Å². The first-order valence-electron chi connectivity index (χ1n) is 8.04. The van der Waals surface area contributed by atoms with Crippen LogP contribution in [0.15, 0.2) is 75.0 Å². The molecule has 1 aromatic heterocycles. The summed E-state index contributed by atoms with van der Waals surface area (Å²) in [6.07, 6.45) is 1.69. The third-order valence-corrected chi connectivity index (χ3v) is 4.98. The molecule has 2 aromatic carbocycles. The Balaban J connectivity index is 1.55. The number of hydrogen-bond acceptors (Lipinski definition) is 3. The number of carbonyl (C=O) groups is 1. The Kier molecular flexibility index (Phi) is 4.31. The molecule has 3 aromatic rings. The largest absolute Gasteiger partial charge is 0.457 e. The van der Waals surface area contributed by atoms with Gasteiger partial charge in [0.25, 0.3) is 5.91 Å². The van der Waals surface area contributed by atoms with E-state index in [1.165, 1.54) is 23.9 Å². The lowest BCUT2D eigenvalue weighted by molar-refractivity contribution is -0.113. The van der Waals surface area contributed by atoms with E-state index in [4.69, 9.17) is 4.42 Å². The number of aryl methyl sites for hydroxylation is 1. The van der Waals surface area contributed by atoms with Gasteiger partial charge in [0.2, 0.25) is 0 Å². The van der Waals surface area contributed by atoms with Gasteiger partial charge in [-0.2, -0.15) is 0 Å². The fraction of sp³-hybridized carbons (Fsp3) is 0.0476. The second-order valence-corrected chi connectivity index (χ2v) is 6.94. The maximum Gasteiger partial charge on any atom is 0.285 e. The van der Waals surface area contributed by atoms with Crippen molar-refractivity contribution in [3.05, 3.63) is 88.3 Å². The van der Waals surface area contributed by atoms with Crippen LogP contribution in [0.1, 0.15) is 16.9 Å². The first-order chi connectivity index (χ1) is 12.6. The van der Waals surface area contributed by atoms with Crippen LogP contribution in [0, 0.1) is 12.7 Å². The number of amides is 1.